The van der Waals surface area contributed by atoms with Gasteiger partial charge in [0.25, 0.3) is 5.91 Å². The van der Waals surface area contributed by atoms with E-state index in [2.05, 4.69) is 95.5 Å². The van der Waals surface area contributed by atoms with Gasteiger partial charge in [-0.15, -0.1) is 0 Å². The Balaban J connectivity index is 1.93. The standard InChI is InChI=1S/C32H46N4O3S2/c1-3-4-5-6-7-8-9-10-11-12-13-14-15-16-17-18-19-20-21-22-31(37)33-23-25-40-41-26-24-34-32(38)30-28-36(39)29(2)27-35-30/h4-5,7-8,10-11,13-14,16-17,19-20,27-28H,3,6,9,12,15,18,21-26H2,1-2H3,(H,33,37)(H,34,38)/b5-4-,8-7-,11-10-,14-13-,17-16-,20-19-. The Kier molecular flexibility index (Phi) is 22.7. The van der Waals surface area contributed by atoms with Gasteiger partial charge in [-0.2, -0.15) is 4.73 Å². The number of nitrogens with one attached hydrogen (secondary N) is 2. The Morgan fingerprint density at radius 1 is 0.805 bits per heavy atom. The van der Waals surface area contributed by atoms with Crippen molar-refractivity contribution in [1.82, 2.24) is 15.6 Å². The topological polar surface area (TPSA) is 98.0 Å². The molecule has 1 rings (SSSR count). The second-order valence-electron chi connectivity index (χ2n) is 8.94. The van der Waals surface area contributed by atoms with Gasteiger partial charge in [0.1, 0.15) is 0 Å². The average molecular weight is 599 g/mol. The number of carbonyl (C=O) groups is 2. The molecule has 2 N–H and O–H groups in total. The molecule has 9 heteroatoms. The minimum absolute atomic E-state index is 0.0589. The van der Waals surface area contributed by atoms with Gasteiger partial charge in [-0.05, 0) is 44.9 Å². The van der Waals surface area contributed by atoms with E-state index < -0.39 is 0 Å². The van der Waals surface area contributed by atoms with Crippen molar-refractivity contribution in [3.05, 3.63) is 102 Å². The highest BCUT2D eigenvalue weighted by Crippen LogP contribution is 2.19. The van der Waals surface area contributed by atoms with Crippen LogP contribution in [-0.2, 0) is 4.79 Å². The first-order valence-corrected chi connectivity index (χ1v) is 16.8. The van der Waals surface area contributed by atoms with Gasteiger partial charge in [-0.3, -0.25) is 9.59 Å². The lowest BCUT2D eigenvalue weighted by Gasteiger charge is -2.06. The van der Waals surface area contributed by atoms with Crippen molar-refractivity contribution in [3.8, 4) is 0 Å². The van der Waals surface area contributed by atoms with Crippen molar-refractivity contribution in [2.75, 3.05) is 24.6 Å². The molecular formula is C32H46N4O3S2. The monoisotopic (exact) mass is 598 g/mol. The maximum Gasteiger partial charge on any atom is 0.276 e. The minimum atomic E-state index is -0.362. The molecule has 0 atom stereocenters. The van der Waals surface area contributed by atoms with Crippen LogP contribution in [0, 0.1) is 12.1 Å². The molecule has 0 spiro atoms. The normalized spacial score (nSPS) is 12.2. The summed E-state index contributed by atoms with van der Waals surface area (Å²) < 4.78 is 0.630. The number of amides is 2. The number of aryl methyl sites for hydroxylation is 1. The maximum absolute atomic E-state index is 12.0. The lowest BCUT2D eigenvalue weighted by molar-refractivity contribution is -0.613. The van der Waals surface area contributed by atoms with Crippen LogP contribution in [0.25, 0.3) is 0 Å². The summed E-state index contributed by atoms with van der Waals surface area (Å²) in [6.45, 7) is 4.87. The second kappa shape index (κ2) is 25.9. The van der Waals surface area contributed by atoms with Gasteiger partial charge in [-0.25, -0.2) is 4.98 Å². The van der Waals surface area contributed by atoms with Crippen molar-refractivity contribution < 1.29 is 14.3 Å². The highest BCUT2D eigenvalue weighted by Gasteiger charge is 2.11. The molecule has 1 aromatic rings. The van der Waals surface area contributed by atoms with Crippen LogP contribution in [-0.4, -0.2) is 41.4 Å². The van der Waals surface area contributed by atoms with E-state index in [0.29, 0.717) is 29.9 Å². The lowest BCUT2D eigenvalue weighted by atomic mass is 10.2. The zero-order valence-corrected chi connectivity index (χ0v) is 26.1. The van der Waals surface area contributed by atoms with E-state index in [0.717, 1.165) is 56.5 Å². The number of rotatable bonds is 22. The Morgan fingerprint density at radius 3 is 1.80 bits per heavy atom. The highest BCUT2D eigenvalue weighted by atomic mass is 33.1. The maximum atomic E-state index is 12.0. The third-order valence-corrected chi connectivity index (χ3v) is 7.81. The number of aromatic nitrogens is 2. The summed E-state index contributed by atoms with van der Waals surface area (Å²) in [5, 5.41) is 17.2. The first-order valence-electron chi connectivity index (χ1n) is 14.3. The summed E-state index contributed by atoms with van der Waals surface area (Å²) in [4.78, 5) is 27.9. The molecular weight excluding hydrogens is 553 g/mol. The minimum Gasteiger partial charge on any atom is -0.618 e. The van der Waals surface area contributed by atoms with Gasteiger partial charge < -0.3 is 15.8 Å². The van der Waals surface area contributed by atoms with Crippen molar-refractivity contribution in [2.45, 2.75) is 65.2 Å². The Labute approximate surface area is 254 Å². The van der Waals surface area contributed by atoms with E-state index >= 15 is 0 Å². The van der Waals surface area contributed by atoms with Gasteiger partial charge in [0.05, 0.1) is 6.20 Å². The molecule has 41 heavy (non-hydrogen) atoms. The fourth-order valence-electron chi connectivity index (χ4n) is 3.17. The molecule has 1 heterocycles. The number of hydrogen-bond donors (Lipinski definition) is 2. The summed E-state index contributed by atoms with van der Waals surface area (Å²) >= 11 is 0. The van der Waals surface area contributed by atoms with E-state index in [9.17, 15) is 14.8 Å². The molecule has 0 bridgehead atoms. The van der Waals surface area contributed by atoms with Crippen LogP contribution in [0.1, 0.15) is 74.5 Å². The molecule has 0 aliphatic carbocycles. The summed E-state index contributed by atoms with van der Waals surface area (Å²) in [7, 11) is 3.27. The van der Waals surface area contributed by atoms with E-state index in [4.69, 9.17) is 0 Å². The van der Waals surface area contributed by atoms with Crippen molar-refractivity contribution in [3.63, 3.8) is 0 Å². The molecule has 0 radical (unpaired) electrons. The van der Waals surface area contributed by atoms with Crippen LogP contribution in [0.4, 0.5) is 0 Å². The fourth-order valence-corrected chi connectivity index (χ4v) is 4.99. The number of nitrogens with zero attached hydrogens (tertiary/aromatic N) is 2. The van der Waals surface area contributed by atoms with Crippen LogP contribution >= 0.6 is 21.6 Å². The summed E-state index contributed by atoms with van der Waals surface area (Å²) in [6.07, 6.45) is 35.7. The van der Waals surface area contributed by atoms with Crippen molar-refractivity contribution in [2.24, 2.45) is 0 Å². The molecule has 0 fully saturated rings. The van der Waals surface area contributed by atoms with Gasteiger partial charge in [0.15, 0.2) is 5.69 Å². The fraction of sp³-hybridized carbons (Fsp3) is 0.438. The van der Waals surface area contributed by atoms with E-state index in [1.165, 1.54) is 12.4 Å². The quantitative estimate of drug-likeness (QED) is 0.0505. The molecule has 0 aromatic carbocycles. The molecule has 0 aliphatic heterocycles. The molecule has 224 valence electrons. The zero-order valence-electron chi connectivity index (χ0n) is 24.5. The molecule has 0 saturated heterocycles. The Hall–Kier alpha value is -3.04. The first kappa shape index (κ1) is 36.0. The highest BCUT2D eigenvalue weighted by molar-refractivity contribution is 8.76. The third-order valence-electron chi connectivity index (χ3n) is 5.41. The summed E-state index contributed by atoms with van der Waals surface area (Å²) in [5.74, 6) is 1.21. The van der Waals surface area contributed by atoms with Crippen LogP contribution in [0.3, 0.4) is 0 Å². The molecule has 7 nitrogen and oxygen atoms in total. The number of hydrogen-bond acceptors (Lipinski definition) is 6. The predicted octanol–water partition coefficient (Wildman–Crippen LogP) is 6.73. The van der Waals surface area contributed by atoms with E-state index in [-0.39, 0.29) is 17.5 Å². The van der Waals surface area contributed by atoms with Gasteiger partial charge >= 0.3 is 0 Å². The third kappa shape index (κ3) is 21.4. The lowest BCUT2D eigenvalue weighted by Crippen LogP contribution is -2.34. The largest absolute Gasteiger partial charge is 0.618 e. The average Bonchev–Trinajstić information content (AvgIpc) is 2.97. The number of carbonyl (C=O) groups excluding carboxylic acids is 2. The smallest absolute Gasteiger partial charge is 0.276 e. The molecule has 0 saturated carbocycles. The van der Waals surface area contributed by atoms with Crippen LogP contribution < -0.4 is 15.4 Å². The van der Waals surface area contributed by atoms with Crippen LogP contribution in [0.2, 0.25) is 0 Å². The Morgan fingerprint density at radius 2 is 1.29 bits per heavy atom. The predicted molar refractivity (Wildman–Crippen MR) is 176 cm³/mol. The van der Waals surface area contributed by atoms with E-state index in [1.54, 1.807) is 28.5 Å². The zero-order chi connectivity index (χ0) is 29.8. The molecule has 2 amide bonds. The molecule has 1 aromatic heterocycles. The van der Waals surface area contributed by atoms with Crippen molar-refractivity contribution in [1.29, 1.82) is 0 Å². The van der Waals surface area contributed by atoms with Crippen molar-refractivity contribution >= 4 is 33.4 Å². The van der Waals surface area contributed by atoms with Crippen LogP contribution in [0.15, 0.2) is 85.3 Å². The second-order valence-corrected chi connectivity index (χ2v) is 11.6. The summed E-state index contributed by atoms with van der Waals surface area (Å²) in [6, 6.07) is 0. The van der Waals surface area contributed by atoms with Gasteiger partial charge in [0, 0.05) is 37.9 Å². The van der Waals surface area contributed by atoms with Gasteiger partial charge in [0.2, 0.25) is 17.8 Å². The first-order chi connectivity index (χ1) is 20.0. The van der Waals surface area contributed by atoms with Crippen LogP contribution in [0.5, 0.6) is 0 Å². The van der Waals surface area contributed by atoms with Gasteiger partial charge in [-0.1, -0.05) is 101 Å². The summed E-state index contributed by atoms with van der Waals surface area (Å²) in [5.41, 5.74) is 0.546. The SMILES string of the molecule is CC/C=C\C/C=C\C/C=C\C/C=C\C/C=C\C/C=C\CCC(=O)NCCSSCCNC(=O)c1c[n+]([O-])c(C)cn1. The van der Waals surface area contributed by atoms with E-state index in [1.807, 2.05) is 0 Å². The Bertz CT molecular complexity index is 1050. The molecule has 0 unspecified atom stereocenters. The molecule has 0 aliphatic rings. The number of allylic oxidation sites excluding steroid dienone is 12.